The number of sulfonamides is 1. The Hall–Kier alpha value is -1.45. The lowest BCUT2D eigenvalue weighted by atomic mass is 9.86. The third-order valence-corrected chi connectivity index (χ3v) is 7.01. The Balaban J connectivity index is 1.67. The van der Waals surface area contributed by atoms with E-state index in [9.17, 15) is 13.2 Å². The van der Waals surface area contributed by atoms with Gasteiger partial charge in [-0.3, -0.25) is 9.48 Å². The van der Waals surface area contributed by atoms with Crippen molar-refractivity contribution in [3.8, 4) is 0 Å². The van der Waals surface area contributed by atoms with Gasteiger partial charge in [-0.2, -0.15) is 9.40 Å². The zero-order valence-corrected chi connectivity index (χ0v) is 16.5. The standard InChI is InChI=1S/C17H28N4O4S/c1-19-9-5-14(18-19)12-16(22)20-10-7-17(8-11-20)6-4-15(13-25-2)21(17)26(3,23)24/h5,9,15H,4,6-8,10-13H2,1-3H3/t15-/m0/s1. The van der Waals surface area contributed by atoms with Gasteiger partial charge in [-0.1, -0.05) is 0 Å². The number of hydrogen-bond donors (Lipinski definition) is 0. The first-order valence-corrected chi connectivity index (χ1v) is 10.8. The molecule has 0 saturated carbocycles. The summed E-state index contributed by atoms with van der Waals surface area (Å²) in [6.07, 6.45) is 6.38. The van der Waals surface area contributed by atoms with Crippen LogP contribution in [-0.4, -0.2) is 78.0 Å². The second-order valence-corrected chi connectivity index (χ2v) is 9.33. The molecule has 2 aliphatic rings. The van der Waals surface area contributed by atoms with E-state index in [4.69, 9.17) is 4.74 Å². The fourth-order valence-corrected chi connectivity index (χ4v) is 6.17. The predicted molar refractivity (Wildman–Crippen MR) is 97.0 cm³/mol. The van der Waals surface area contributed by atoms with Crippen LogP contribution in [0.4, 0.5) is 0 Å². The predicted octanol–water partition coefficient (Wildman–Crippen LogP) is 0.394. The van der Waals surface area contributed by atoms with E-state index in [1.165, 1.54) is 6.26 Å². The van der Waals surface area contributed by atoms with Crippen LogP contribution in [0.1, 0.15) is 31.4 Å². The number of hydrogen-bond acceptors (Lipinski definition) is 5. The molecule has 1 amide bonds. The monoisotopic (exact) mass is 384 g/mol. The van der Waals surface area contributed by atoms with Gasteiger partial charge in [0, 0.05) is 45.0 Å². The molecule has 0 unspecified atom stereocenters. The lowest BCUT2D eigenvalue weighted by Gasteiger charge is -2.45. The van der Waals surface area contributed by atoms with Crippen LogP contribution in [0, 0.1) is 0 Å². The molecule has 0 bridgehead atoms. The van der Waals surface area contributed by atoms with Gasteiger partial charge in [0.05, 0.1) is 25.0 Å². The van der Waals surface area contributed by atoms with Crippen LogP contribution < -0.4 is 0 Å². The molecular weight excluding hydrogens is 356 g/mol. The van der Waals surface area contributed by atoms with Crippen molar-refractivity contribution in [2.24, 2.45) is 7.05 Å². The normalized spacial score (nSPS) is 23.7. The summed E-state index contributed by atoms with van der Waals surface area (Å²) in [6, 6.07) is 1.74. The van der Waals surface area contributed by atoms with Crippen molar-refractivity contribution >= 4 is 15.9 Å². The van der Waals surface area contributed by atoms with Crippen LogP contribution in [-0.2, 0) is 33.0 Å². The summed E-state index contributed by atoms with van der Waals surface area (Å²) in [5.41, 5.74) is 0.384. The summed E-state index contributed by atoms with van der Waals surface area (Å²) < 4.78 is 33.5. The molecule has 1 spiro atoms. The number of carbonyl (C=O) groups excluding carboxylic acids is 1. The van der Waals surface area contributed by atoms with Crippen molar-refractivity contribution < 1.29 is 17.9 Å². The minimum atomic E-state index is -3.33. The second-order valence-electron chi connectivity index (χ2n) is 7.47. The molecule has 1 aromatic rings. The third-order valence-electron chi connectivity index (χ3n) is 5.61. The van der Waals surface area contributed by atoms with Gasteiger partial charge in [0.25, 0.3) is 0 Å². The molecule has 146 valence electrons. The summed E-state index contributed by atoms with van der Waals surface area (Å²) in [5.74, 6) is 0.0518. The molecule has 9 heteroatoms. The molecule has 2 saturated heterocycles. The molecule has 0 aliphatic carbocycles. The number of aromatic nitrogens is 2. The maximum absolute atomic E-state index is 12.6. The Morgan fingerprint density at radius 1 is 1.35 bits per heavy atom. The second kappa shape index (κ2) is 7.28. The lowest BCUT2D eigenvalue weighted by molar-refractivity contribution is -0.132. The molecule has 8 nitrogen and oxygen atoms in total. The van der Waals surface area contributed by atoms with E-state index in [1.54, 1.807) is 16.1 Å². The molecule has 3 rings (SSSR count). The maximum Gasteiger partial charge on any atom is 0.228 e. The van der Waals surface area contributed by atoms with E-state index in [2.05, 4.69) is 5.10 Å². The van der Waals surface area contributed by atoms with Crippen LogP contribution in [0.2, 0.25) is 0 Å². The van der Waals surface area contributed by atoms with E-state index in [1.807, 2.05) is 24.2 Å². The van der Waals surface area contributed by atoms with Gasteiger partial charge in [0.15, 0.2) is 0 Å². The Labute approximate surface area is 155 Å². The van der Waals surface area contributed by atoms with Crippen molar-refractivity contribution in [2.45, 2.75) is 43.7 Å². The summed E-state index contributed by atoms with van der Waals surface area (Å²) in [5, 5.41) is 4.26. The number of carbonyl (C=O) groups is 1. The van der Waals surface area contributed by atoms with Crippen molar-refractivity contribution in [3.05, 3.63) is 18.0 Å². The number of rotatable bonds is 5. The summed E-state index contributed by atoms with van der Waals surface area (Å²) >= 11 is 0. The fourth-order valence-electron chi connectivity index (χ4n) is 4.48. The van der Waals surface area contributed by atoms with E-state index >= 15 is 0 Å². The average molecular weight is 385 g/mol. The minimum absolute atomic E-state index is 0.0518. The summed E-state index contributed by atoms with van der Waals surface area (Å²) in [6.45, 7) is 1.58. The summed E-state index contributed by atoms with van der Waals surface area (Å²) in [4.78, 5) is 14.4. The molecule has 1 aromatic heterocycles. The van der Waals surface area contributed by atoms with E-state index < -0.39 is 10.0 Å². The number of methoxy groups -OCH3 is 1. The molecule has 0 N–H and O–H groups in total. The lowest BCUT2D eigenvalue weighted by Crippen LogP contribution is -2.57. The highest BCUT2D eigenvalue weighted by molar-refractivity contribution is 7.88. The first-order valence-electron chi connectivity index (χ1n) is 9.00. The van der Waals surface area contributed by atoms with Gasteiger partial charge in [0.2, 0.25) is 15.9 Å². The number of nitrogens with zero attached hydrogens (tertiary/aromatic N) is 4. The van der Waals surface area contributed by atoms with Gasteiger partial charge in [-0.25, -0.2) is 8.42 Å². The van der Waals surface area contributed by atoms with Crippen LogP contribution >= 0.6 is 0 Å². The molecule has 2 fully saturated rings. The molecule has 26 heavy (non-hydrogen) atoms. The van der Waals surface area contributed by atoms with Gasteiger partial charge < -0.3 is 9.64 Å². The highest BCUT2D eigenvalue weighted by Crippen LogP contribution is 2.43. The number of aryl methyl sites for hydroxylation is 1. The topological polar surface area (TPSA) is 84.7 Å². The number of amides is 1. The van der Waals surface area contributed by atoms with Gasteiger partial charge in [-0.15, -0.1) is 0 Å². The molecule has 0 aromatic carbocycles. The largest absolute Gasteiger partial charge is 0.383 e. The van der Waals surface area contributed by atoms with Gasteiger partial charge in [0.1, 0.15) is 0 Å². The SMILES string of the molecule is COC[C@@H]1CCC2(CCN(C(=O)Cc3ccn(C)n3)CC2)N1S(C)(=O)=O. The highest BCUT2D eigenvalue weighted by Gasteiger charge is 2.52. The van der Waals surface area contributed by atoms with Gasteiger partial charge >= 0.3 is 0 Å². The van der Waals surface area contributed by atoms with Crippen LogP contribution in [0.25, 0.3) is 0 Å². The quantitative estimate of drug-likeness (QED) is 0.733. The fraction of sp³-hybridized carbons (Fsp3) is 0.765. The Morgan fingerprint density at radius 3 is 2.58 bits per heavy atom. The Morgan fingerprint density at radius 2 is 2.04 bits per heavy atom. The first kappa shape index (κ1) is 19.3. The number of likely N-dealkylation sites (tertiary alicyclic amines) is 1. The molecular formula is C17H28N4O4S. The number of piperidine rings is 1. The Bertz CT molecular complexity index is 753. The zero-order chi connectivity index (χ0) is 18.9. The van der Waals surface area contributed by atoms with Crippen molar-refractivity contribution in [1.29, 1.82) is 0 Å². The Kier molecular flexibility index (Phi) is 5.41. The minimum Gasteiger partial charge on any atom is -0.383 e. The molecule has 2 aliphatic heterocycles. The van der Waals surface area contributed by atoms with Crippen LogP contribution in [0.5, 0.6) is 0 Å². The van der Waals surface area contributed by atoms with E-state index in [0.717, 1.165) is 18.5 Å². The van der Waals surface area contributed by atoms with Gasteiger partial charge in [-0.05, 0) is 31.7 Å². The highest BCUT2D eigenvalue weighted by atomic mass is 32.2. The van der Waals surface area contributed by atoms with Crippen LogP contribution in [0.3, 0.4) is 0 Å². The van der Waals surface area contributed by atoms with Crippen molar-refractivity contribution in [1.82, 2.24) is 19.0 Å². The maximum atomic E-state index is 12.6. The number of ether oxygens (including phenoxy) is 1. The van der Waals surface area contributed by atoms with Crippen molar-refractivity contribution in [2.75, 3.05) is 33.1 Å². The first-order chi connectivity index (χ1) is 12.2. The van der Waals surface area contributed by atoms with E-state index in [0.29, 0.717) is 32.5 Å². The molecule has 3 heterocycles. The summed E-state index contributed by atoms with van der Waals surface area (Å²) in [7, 11) is 0.102. The smallest absolute Gasteiger partial charge is 0.228 e. The molecule has 0 radical (unpaired) electrons. The van der Waals surface area contributed by atoms with E-state index in [-0.39, 0.29) is 23.9 Å². The third kappa shape index (κ3) is 3.79. The zero-order valence-electron chi connectivity index (χ0n) is 15.7. The molecule has 1 atom stereocenters. The average Bonchev–Trinajstić information content (AvgIpc) is 3.12. The van der Waals surface area contributed by atoms with Crippen LogP contribution in [0.15, 0.2) is 12.3 Å². The van der Waals surface area contributed by atoms with Crippen molar-refractivity contribution in [3.63, 3.8) is 0 Å².